The van der Waals surface area contributed by atoms with Crippen LogP contribution in [0.5, 0.6) is 5.75 Å². The number of aromatic carboxylic acids is 1. The topological polar surface area (TPSA) is 64.3 Å². The standard InChI is InChI=1S/C15H18N2O3/c1-10(2)13-6-11(4-5-14(13)20-3)8-17-9-12(7-16-17)15(18)19/h4-7,9-10H,8H2,1-3H3,(H,18,19). The van der Waals surface area contributed by atoms with Gasteiger partial charge in [0.1, 0.15) is 5.75 Å². The van der Waals surface area contributed by atoms with Crippen molar-refractivity contribution in [3.8, 4) is 5.75 Å². The summed E-state index contributed by atoms with van der Waals surface area (Å²) in [5.74, 6) is 0.265. The summed E-state index contributed by atoms with van der Waals surface area (Å²) in [7, 11) is 1.66. The minimum absolute atomic E-state index is 0.197. The fourth-order valence-corrected chi connectivity index (χ4v) is 2.08. The summed E-state index contributed by atoms with van der Waals surface area (Å²) < 4.78 is 6.97. The molecule has 0 amide bonds. The first-order chi connectivity index (χ1) is 9.51. The number of benzene rings is 1. The van der Waals surface area contributed by atoms with Crippen LogP contribution < -0.4 is 4.74 Å². The van der Waals surface area contributed by atoms with Gasteiger partial charge < -0.3 is 9.84 Å². The summed E-state index contributed by atoms with van der Waals surface area (Å²) in [5, 5.41) is 12.9. The minimum atomic E-state index is -0.964. The Morgan fingerprint density at radius 3 is 2.75 bits per heavy atom. The van der Waals surface area contributed by atoms with E-state index in [4.69, 9.17) is 9.84 Å². The molecule has 0 aliphatic heterocycles. The molecule has 1 heterocycles. The quantitative estimate of drug-likeness (QED) is 0.910. The second-order valence-corrected chi connectivity index (χ2v) is 4.96. The van der Waals surface area contributed by atoms with E-state index < -0.39 is 5.97 Å². The second-order valence-electron chi connectivity index (χ2n) is 4.96. The molecule has 2 aromatic rings. The lowest BCUT2D eigenvalue weighted by atomic mass is 9.99. The number of ether oxygens (including phenoxy) is 1. The molecule has 0 atom stereocenters. The summed E-state index contributed by atoms with van der Waals surface area (Å²) in [6.45, 7) is 4.76. The Morgan fingerprint density at radius 1 is 1.45 bits per heavy atom. The Morgan fingerprint density at radius 2 is 2.20 bits per heavy atom. The first kappa shape index (κ1) is 14.1. The summed E-state index contributed by atoms with van der Waals surface area (Å²) in [6, 6.07) is 5.98. The van der Waals surface area contributed by atoms with Gasteiger partial charge in [0.25, 0.3) is 0 Å². The zero-order valence-corrected chi connectivity index (χ0v) is 11.8. The van der Waals surface area contributed by atoms with Gasteiger partial charge in [-0.15, -0.1) is 0 Å². The van der Waals surface area contributed by atoms with Gasteiger partial charge in [0.2, 0.25) is 0 Å². The highest BCUT2D eigenvalue weighted by atomic mass is 16.5. The maximum Gasteiger partial charge on any atom is 0.338 e. The molecule has 0 radical (unpaired) electrons. The first-order valence-electron chi connectivity index (χ1n) is 6.44. The molecule has 0 aliphatic rings. The normalized spacial score (nSPS) is 10.8. The molecular weight excluding hydrogens is 256 g/mol. The van der Waals surface area contributed by atoms with Gasteiger partial charge in [-0.3, -0.25) is 4.68 Å². The van der Waals surface area contributed by atoms with Crippen LogP contribution in [0.2, 0.25) is 0 Å². The lowest BCUT2D eigenvalue weighted by Gasteiger charge is -2.13. The van der Waals surface area contributed by atoms with E-state index in [0.29, 0.717) is 12.5 Å². The number of carbonyl (C=O) groups is 1. The van der Waals surface area contributed by atoms with E-state index in [9.17, 15) is 4.79 Å². The van der Waals surface area contributed by atoms with Crippen LogP contribution in [0.3, 0.4) is 0 Å². The summed E-state index contributed by atoms with van der Waals surface area (Å²) in [5.41, 5.74) is 2.40. The molecular formula is C15H18N2O3. The fraction of sp³-hybridized carbons (Fsp3) is 0.333. The molecule has 0 spiro atoms. The van der Waals surface area contributed by atoms with Gasteiger partial charge in [-0.2, -0.15) is 5.10 Å². The van der Waals surface area contributed by atoms with E-state index in [-0.39, 0.29) is 5.56 Å². The average Bonchev–Trinajstić information content (AvgIpc) is 2.87. The van der Waals surface area contributed by atoms with Crippen LogP contribution in [0, 0.1) is 0 Å². The molecule has 5 nitrogen and oxygen atoms in total. The van der Waals surface area contributed by atoms with Crippen molar-refractivity contribution in [2.45, 2.75) is 26.3 Å². The Labute approximate surface area is 117 Å². The van der Waals surface area contributed by atoms with Gasteiger partial charge in [-0.1, -0.05) is 19.9 Å². The molecule has 1 N–H and O–H groups in total. The van der Waals surface area contributed by atoms with Crippen molar-refractivity contribution in [2.75, 3.05) is 7.11 Å². The summed E-state index contributed by atoms with van der Waals surface area (Å²) in [6.07, 6.45) is 2.89. The molecule has 0 saturated carbocycles. The average molecular weight is 274 g/mol. The Kier molecular flexibility index (Phi) is 4.08. The molecule has 5 heteroatoms. The van der Waals surface area contributed by atoms with Crippen molar-refractivity contribution in [1.82, 2.24) is 9.78 Å². The largest absolute Gasteiger partial charge is 0.496 e. The van der Waals surface area contributed by atoms with E-state index >= 15 is 0 Å². The maximum absolute atomic E-state index is 10.8. The van der Waals surface area contributed by atoms with Crippen LogP contribution in [0.4, 0.5) is 0 Å². The number of methoxy groups -OCH3 is 1. The van der Waals surface area contributed by atoms with Crippen molar-refractivity contribution in [2.24, 2.45) is 0 Å². The molecule has 0 saturated heterocycles. The summed E-state index contributed by atoms with van der Waals surface area (Å²) >= 11 is 0. The van der Waals surface area contributed by atoms with Gasteiger partial charge in [0.05, 0.1) is 25.4 Å². The zero-order valence-electron chi connectivity index (χ0n) is 11.8. The lowest BCUT2D eigenvalue weighted by molar-refractivity contribution is 0.0697. The van der Waals surface area contributed by atoms with E-state index in [1.165, 1.54) is 12.4 Å². The van der Waals surface area contributed by atoms with Gasteiger partial charge in [-0.25, -0.2) is 4.79 Å². The Hall–Kier alpha value is -2.30. The number of aromatic nitrogens is 2. The highest BCUT2D eigenvalue weighted by molar-refractivity contribution is 5.86. The smallest absolute Gasteiger partial charge is 0.338 e. The fourth-order valence-electron chi connectivity index (χ4n) is 2.08. The molecule has 2 rings (SSSR count). The third kappa shape index (κ3) is 2.99. The van der Waals surface area contributed by atoms with E-state index in [0.717, 1.165) is 16.9 Å². The SMILES string of the molecule is COc1ccc(Cn2cc(C(=O)O)cn2)cc1C(C)C. The van der Waals surface area contributed by atoms with Crippen LogP contribution in [0.25, 0.3) is 0 Å². The monoisotopic (exact) mass is 274 g/mol. The van der Waals surface area contributed by atoms with Crippen LogP contribution in [-0.4, -0.2) is 28.0 Å². The predicted molar refractivity (Wildman–Crippen MR) is 75.4 cm³/mol. The van der Waals surface area contributed by atoms with E-state index in [1.807, 2.05) is 12.1 Å². The highest BCUT2D eigenvalue weighted by Crippen LogP contribution is 2.27. The number of hydrogen-bond acceptors (Lipinski definition) is 3. The number of carboxylic acid groups (broad SMARTS) is 1. The third-order valence-electron chi connectivity index (χ3n) is 3.14. The van der Waals surface area contributed by atoms with E-state index in [2.05, 4.69) is 25.0 Å². The number of rotatable bonds is 5. The minimum Gasteiger partial charge on any atom is -0.496 e. The highest BCUT2D eigenvalue weighted by Gasteiger charge is 2.10. The zero-order chi connectivity index (χ0) is 14.7. The van der Waals surface area contributed by atoms with Gasteiger partial charge >= 0.3 is 5.97 Å². The van der Waals surface area contributed by atoms with Crippen molar-refractivity contribution >= 4 is 5.97 Å². The molecule has 0 aliphatic carbocycles. The van der Waals surface area contributed by atoms with Crippen molar-refractivity contribution in [3.05, 3.63) is 47.3 Å². The number of carboxylic acids is 1. The van der Waals surface area contributed by atoms with Crippen LogP contribution in [0.1, 0.15) is 41.3 Å². The predicted octanol–water partition coefficient (Wildman–Crippen LogP) is 2.76. The lowest BCUT2D eigenvalue weighted by Crippen LogP contribution is -2.02. The molecule has 0 bridgehead atoms. The molecule has 0 unspecified atom stereocenters. The van der Waals surface area contributed by atoms with Crippen molar-refractivity contribution in [1.29, 1.82) is 0 Å². The molecule has 1 aromatic carbocycles. The molecule has 0 fully saturated rings. The molecule has 106 valence electrons. The van der Waals surface area contributed by atoms with Crippen LogP contribution >= 0.6 is 0 Å². The molecule has 20 heavy (non-hydrogen) atoms. The second kappa shape index (κ2) is 5.77. The van der Waals surface area contributed by atoms with Crippen molar-refractivity contribution < 1.29 is 14.6 Å². The first-order valence-corrected chi connectivity index (χ1v) is 6.44. The maximum atomic E-state index is 10.8. The Bertz CT molecular complexity index is 617. The van der Waals surface area contributed by atoms with Gasteiger partial charge in [0.15, 0.2) is 0 Å². The van der Waals surface area contributed by atoms with E-state index in [1.54, 1.807) is 11.8 Å². The van der Waals surface area contributed by atoms with Gasteiger partial charge in [-0.05, 0) is 29.2 Å². The van der Waals surface area contributed by atoms with Crippen LogP contribution in [0.15, 0.2) is 30.6 Å². The number of hydrogen-bond donors (Lipinski definition) is 1. The van der Waals surface area contributed by atoms with Crippen molar-refractivity contribution in [3.63, 3.8) is 0 Å². The molecule has 1 aromatic heterocycles. The Balaban J connectivity index is 2.24. The van der Waals surface area contributed by atoms with Crippen LogP contribution in [-0.2, 0) is 6.54 Å². The van der Waals surface area contributed by atoms with Gasteiger partial charge in [0, 0.05) is 6.20 Å². The number of nitrogens with zero attached hydrogens (tertiary/aromatic N) is 2. The summed E-state index contributed by atoms with van der Waals surface area (Å²) in [4.78, 5) is 10.8. The third-order valence-corrected chi connectivity index (χ3v) is 3.14.